The van der Waals surface area contributed by atoms with E-state index >= 15 is 0 Å². The van der Waals surface area contributed by atoms with Gasteiger partial charge in [0.1, 0.15) is 5.82 Å². The molecule has 0 unspecified atom stereocenters. The van der Waals surface area contributed by atoms with Crippen molar-refractivity contribution < 1.29 is 0 Å². The quantitative estimate of drug-likeness (QED) is 0.907. The molecule has 1 aliphatic heterocycles. The van der Waals surface area contributed by atoms with Gasteiger partial charge in [0.05, 0.1) is 0 Å². The highest BCUT2D eigenvalue weighted by Gasteiger charge is 2.19. The van der Waals surface area contributed by atoms with Crippen LogP contribution < -0.4 is 10.5 Å². The molecule has 1 aliphatic rings. The lowest BCUT2D eigenvalue weighted by Crippen LogP contribution is -2.51. The molecule has 5 nitrogen and oxygen atoms in total. The number of nitrogens with zero attached hydrogens (tertiary/aromatic N) is 3. The minimum atomic E-state index is 0.00115. The number of hydrazine groups is 1. The largest absolute Gasteiger partial charge is 0.355 e. The first-order valence-electron chi connectivity index (χ1n) is 7.36. The van der Waals surface area contributed by atoms with Gasteiger partial charge in [-0.25, -0.2) is 10.0 Å². The molecule has 0 radical (unpaired) electrons. The number of piperazine rings is 1. The molecular formula is C16H22N4O. The van der Waals surface area contributed by atoms with E-state index < -0.39 is 0 Å². The lowest BCUT2D eigenvalue weighted by molar-refractivity contribution is 0.0200. The van der Waals surface area contributed by atoms with Crippen LogP contribution in [0.3, 0.4) is 0 Å². The van der Waals surface area contributed by atoms with Crippen LogP contribution in [-0.4, -0.2) is 55.3 Å². The number of pyridine rings is 1. The van der Waals surface area contributed by atoms with Gasteiger partial charge < -0.3 is 9.88 Å². The molecule has 0 bridgehead atoms. The molecule has 1 saturated heterocycles. The Morgan fingerprint density at radius 3 is 2.48 bits per heavy atom. The first-order chi connectivity index (χ1) is 10.1. The van der Waals surface area contributed by atoms with Crippen molar-refractivity contribution in [3.63, 3.8) is 0 Å². The second-order valence-electron chi connectivity index (χ2n) is 5.81. The fraction of sp³-hybridized carbons (Fsp3) is 0.438. The number of aromatic amines is 1. The highest BCUT2D eigenvalue weighted by atomic mass is 16.1. The third-order valence-electron chi connectivity index (χ3n) is 4.25. The van der Waals surface area contributed by atoms with Crippen molar-refractivity contribution >= 4 is 16.6 Å². The smallest absolute Gasteiger partial charge is 0.257 e. The van der Waals surface area contributed by atoms with Crippen molar-refractivity contribution in [2.45, 2.75) is 6.92 Å². The number of aromatic nitrogens is 1. The molecule has 112 valence electrons. The van der Waals surface area contributed by atoms with Crippen LogP contribution in [-0.2, 0) is 0 Å². The van der Waals surface area contributed by atoms with Gasteiger partial charge in [-0.2, -0.15) is 0 Å². The number of benzene rings is 1. The Morgan fingerprint density at radius 2 is 1.81 bits per heavy atom. The maximum absolute atomic E-state index is 12.3. The van der Waals surface area contributed by atoms with Gasteiger partial charge >= 0.3 is 0 Å². The summed E-state index contributed by atoms with van der Waals surface area (Å²) >= 11 is 0. The average Bonchev–Trinajstić information content (AvgIpc) is 2.48. The van der Waals surface area contributed by atoms with Crippen LogP contribution in [0.15, 0.2) is 29.1 Å². The minimum absolute atomic E-state index is 0.00115. The number of nitrogens with one attached hydrogen (secondary N) is 1. The molecule has 0 amide bonds. The summed E-state index contributed by atoms with van der Waals surface area (Å²) in [5.41, 5.74) is 1.15. The fourth-order valence-electron chi connectivity index (χ4n) is 2.93. The van der Waals surface area contributed by atoms with E-state index in [2.05, 4.69) is 53.1 Å². The van der Waals surface area contributed by atoms with E-state index in [0.717, 1.165) is 48.3 Å². The summed E-state index contributed by atoms with van der Waals surface area (Å²) < 4.78 is 0. The number of anilines is 1. The second-order valence-corrected chi connectivity index (χ2v) is 5.81. The monoisotopic (exact) mass is 286 g/mol. The van der Waals surface area contributed by atoms with Crippen LogP contribution in [0.5, 0.6) is 0 Å². The summed E-state index contributed by atoms with van der Waals surface area (Å²) in [6.07, 6.45) is 0. The van der Waals surface area contributed by atoms with Crippen molar-refractivity contribution in [1.82, 2.24) is 15.0 Å². The zero-order valence-corrected chi connectivity index (χ0v) is 12.9. The van der Waals surface area contributed by atoms with E-state index in [-0.39, 0.29) is 5.56 Å². The van der Waals surface area contributed by atoms with Crippen LogP contribution >= 0.6 is 0 Å². The molecule has 21 heavy (non-hydrogen) atoms. The van der Waals surface area contributed by atoms with E-state index in [4.69, 9.17) is 0 Å². The zero-order valence-electron chi connectivity index (χ0n) is 12.9. The normalized spacial score (nSPS) is 16.9. The first kappa shape index (κ1) is 14.1. The van der Waals surface area contributed by atoms with Crippen LogP contribution in [0.4, 0.5) is 5.82 Å². The van der Waals surface area contributed by atoms with Gasteiger partial charge in [-0.1, -0.05) is 12.1 Å². The van der Waals surface area contributed by atoms with Gasteiger partial charge in [-0.15, -0.1) is 0 Å². The zero-order chi connectivity index (χ0) is 15.0. The molecule has 0 atom stereocenters. The molecule has 0 spiro atoms. The van der Waals surface area contributed by atoms with Crippen molar-refractivity contribution in [2.24, 2.45) is 0 Å². The van der Waals surface area contributed by atoms with E-state index in [9.17, 15) is 4.79 Å². The molecule has 1 aromatic carbocycles. The summed E-state index contributed by atoms with van der Waals surface area (Å²) in [7, 11) is 4.13. The van der Waals surface area contributed by atoms with Gasteiger partial charge in [-0.05, 0) is 30.0 Å². The van der Waals surface area contributed by atoms with E-state index in [1.165, 1.54) is 0 Å². The van der Waals surface area contributed by atoms with Crippen molar-refractivity contribution in [2.75, 3.05) is 45.2 Å². The van der Waals surface area contributed by atoms with Crippen molar-refractivity contribution in [3.05, 3.63) is 40.2 Å². The molecule has 5 heteroatoms. The third-order valence-corrected chi connectivity index (χ3v) is 4.25. The highest BCUT2D eigenvalue weighted by molar-refractivity contribution is 5.86. The Balaban J connectivity index is 1.92. The highest BCUT2D eigenvalue weighted by Crippen LogP contribution is 2.20. The first-order valence-corrected chi connectivity index (χ1v) is 7.36. The predicted molar refractivity (Wildman–Crippen MR) is 86.8 cm³/mol. The molecule has 2 heterocycles. The molecule has 3 rings (SSSR count). The summed E-state index contributed by atoms with van der Waals surface area (Å²) in [5, 5.41) is 6.25. The van der Waals surface area contributed by atoms with E-state index in [0.29, 0.717) is 0 Å². The van der Waals surface area contributed by atoms with Crippen LogP contribution in [0, 0.1) is 6.92 Å². The van der Waals surface area contributed by atoms with Gasteiger partial charge in [0, 0.05) is 45.7 Å². The standard InChI is InChI=1S/C16H22N4O/c1-12-5-4-6-13-14(12)11-15(17-16(13)21)19-7-9-20(10-8-19)18(2)3/h4-6,11H,7-10H2,1-3H3,(H,17,21). The summed E-state index contributed by atoms with van der Waals surface area (Å²) in [5.74, 6) is 0.931. The third kappa shape index (κ3) is 2.66. The minimum Gasteiger partial charge on any atom is -0.355 e. The maximum Gasteiger partial charge on any atom is 0.257 e. The fourth-order valence-corrected chi connectivity index (χ4v) is 2.93. The summed E-state index contributed by atoms with van der Waals surface area (Å²) in [6, 6.07) is 7.98. The van der Waals surface area contributed by atoms with Gasteiger partial charge in [-0.3, -0.25) is 4.79 Å². The van der Waals surface area contributed by atoms with E-state index in [1.807, 2.05) is 12.1 Å². The number of fused-ring (bicyclic) bond motifs is 1. The van der Waals surface area contributed by atoms with Gasteiger partial charge in [0.15, 0.2) is 0 Å². The maximum atomic E-state index is 12.3. The molecule has 1 aromatic heterocycles. The number of hydrogen-bond donors (Lipinski definition) is 1. The number of aryl methyl sites for hydroxylation is 1. The summed E-state index contributed by atoms with van der Waals surface area (Å²) in [4.78, 5) is 17.6. The molecule has 0 saturated carbocycles. The molecule has 1 fully saturated rings. The Labute approximate surface area is 124 Å². The van der Waals surface area contributed by atoms with Crippen molar-refractivity contribution in [3.8, 4) is 0 Å². The Kier molecular flexibility index (Phi) is 3.69. The molecule has 2 aromatic rings. The molecule has 0 aliphatic carbocycles. The number of H-pyrrole nitrogens is 1. The topological polar surface area (TPSA) is 42.6 Å². The van der Waals surface area contributed by atoms with Crippen LogP contribution in [0.2, 0.25) is 0 Å². The van der Waals surface area contributed by atoms with Crippen molar-refractivity contribution in [1.29, 1.82) is 0 Å². The van der Waals surface area contributed by atoms with Gasteiger partial charge in [0.25, 0.3) is 5.56 Å². The van der Waals surface area contributed by atoms with Gasteiger partial charge in [0.2, 0.25) is 0 Å². The van der Waals surface area contributed by atoms with Crippen LogP contribution in [0.1, 0.15) is 5.56 Å². The molecule has 1 N–H and O–H groups in total. The Morgan fingerprint density at radius 1 is 1.10 bits per heavy atom. The second kappa shape index (κ2) is 5.50. The van der Waals surface area contributed by atoms with Crippen LogP contribution in [0.25, 0.3) is 10.8 Å². The Hall–Kier alpha value is -1.85. The average molecular weight is 286 g/mol. The lowest BCUT2D eigenvalue weighted by atomic mass is 10.1. The number of hydrogen-bond acceptors (Lipinski definition) is 4. The predicted octanol–water partition coefficient (Wildman–Crippen LogP) is 1.44. The van der Waals surface area contributed by atoms with E-state index in [1.54, 1.807) is 0 Å². The SMILES string of the molecule is Cc1cccc2c(=O)[nH]c(N3CCN(N(C)C)CC3)cc12. The lowest BCUT2D eigenvalue weighted by Gasteiger charge is -2.38. The Bertz CT molecular complexity index is 699. The number of rotatable bonds is 2. The summed E-state index contributed by atoms with van der Waals surface area (Å²) in [6.45, 7) is 5.84. The molecular weight excluding hydrogens is 264 g/mol.